The summed E-state index contributed by atoms with van der Waals surface area (Å²) in [4.78, 5) is 36.1. The number of rotatable bonds is 3. The fraction of sp³-hybridized carbons (Fsp3) is 0.368. The minimum absolute atomic E-state index is 0.0249. The zero-order chi connectivity index (χ0) is 18.5. The lowest BCUT2D eigenvalue weighted by atomic mass is 9.80. The first-order valence-electron chi connectivity index (χ1n) is 8.65. The second-order valence-electron chi connectivity index (χ2n) is 6.53. The molecule has 2 atom stereocenters. The molecule has 0 radical (unpaired) electrons. The van der Waals surface area contributed by atoms with Gasteiger partial charge in [-0.2, -0.15) is 5.10 Å². The monoisotopic (exact) mass is 355 g/mol. The number of carbonyl (C=O) groups is 3. The summed E-state index contributed by atoms with van der Waals surface area (Å²) in [7, 11) is 0. The summed E-state index contributed by atoms with van der Waals surface area (Å²) in [5, 5.41) is 6.19. The van der Waals surface area contributed by atoms with Crippen molar-refractivity contribution in [2.45, 2.75) is 38.7 Å². The molecule has 26 heavy (non-hydrogen) atoms. The van der Waals surface area contributed by atoms with E-state index in [4.69, 9.17) is 4.74 Å². The summed E-state index contributed by atoms with van der Waals surface area (Å²) in [6, 6.07) is 7.09. The second kappa shape index (κ2) is 7.95. The molecule has 1 heterocycles. The number of carbonyl (C=O) groups excluding carboxylic acids is 3. The molecule has 136 valence electrons. The van der Waals surface area contributed by atoms with Gasteiger partial charge in [0, 0.05) is 5.69 Å². The van der Waals surface area contributed by atoms with E-state index in [0.717, 1.165) is 31.2 Å². The van der Waals surface area contributed by atoms with Crippen LogP contribution in [0.1, 0.15) is 31.2 Å². The van der Waals surface area contributed by atoms with E-state index >= 15 is 0 Å². The molecule has 1 fully saturated rings. The second-order valence-corrected chi connectivity index (χ2v) is 6.53. The van der Waals surface area contributed by atoms with Crippen molar-refractivity contribution < 1.29 is 19.1 Å². The number of allylic oxidation sites excluding steroid dienone is 1. The highest BCUT2D eigenvalue weighted by Crippen LogP contribution is 2.32. The van der Waals surface area contributed by atoms with Gasteiger partial charge in [-0.1, -0.05) is 18.6 Å². The molecule has 0 saturated heterocycles. The first-order chi connectivity index (χ1) is 12.5. The predicted octanol–water partition coefficient (Wildman–Crippen LogP) is 2.08. The van der Waals surface area contributed by atoms with E-state index in [1.165, 1.54) is 12.5 Å². The van der Waals surface area contributed by atoms with Crippen LogP contribution in [-0.4, -0.2) is 29.9 Å². The Bertz CT molecular complexity index is 785. The van der Waals surface area contributed by atoms with Gasteiger partial charge in [-0.05, 0) is 43.9 Å². The zero-order valence-electron chi connectivity index (χ0n) is 14.5. The highest BCUT2D eigenvalue weighted by Gasteiger charge is 2.36. The van der Waals surface area contributed by atoms with Gasteiger partial charge in [-0.3, -0.25) is 14.4 Å². The smallest absolute Gasteiger partial charge is 0.329 e. The molecular weight excluding hydrogens is 334 g/mol. The van der Waals surface area contributed by atoms with Crippen molar-refractivity contribution in [3.05, 3.63) is 41.7 Å². The molecule has 0 bridgehead atoms. The van der Waals surface area contributed by atoms with Crippen molar-refractivity contribution in [3.8, 4) is 0 Å². The first-order valence-corrected chi connectivity index (χ1v) is 8.65. The number of fused-ring (bicyclic) bond motifs is 1. The predicted molar refractivity (Wildman–Crippen MR) is 96.4 cm³/mol. The van der Waals surface area contributed by atoms with Crippen molar-refractivity contribution in [3.63, 3.8) is 0 Å². The van der Waals surface area contributed by atoms with Crippen LogP contribution in [0.3, 0.4) is 0 Å². The molecule has 1 aromatic carbocycles. The van der Waals surface area contributed by atoms with Gasteiger partial charge in [0.25, 0.3) is 0 Å². The van der Waals surface area contributed by atoms with Crippen molar-refractivity contribution >= 4 is 29.5 Å². The third-order valence-corrected chi connectivity index (χ3v) is 4.55. The third-order valence-electron chi connectivity index (χ3n) is 4.55. The maximum absolute atomic E-state index is 12.4. The third kappa shape index (κ3) is 4.17. The highest BCUT2D eigenvalue weighted by molar-refractivity contribution is 6.39. The number of amides is 2. The molecule has 2 N–H and O–H groups in total. The van der Waals surface area contributed by atoms with Crippen LogP contribution in [-0.2, 0) is 19.1 Å². The van der Waals surface area contributed by atoms with Crippen LogP contribution in [0, 0.1) is 12.8 Å². The number of ketones is 1. The van der Waals surface area contributed by atoms with Crippen molar-refractivity contribution in [2.24, 2.45) is 11.0 Å². The fourth-order valence-electron chi connectivity index (χ4n) is 3.21. The van der Waals surface area contributed by atoms with Gasteiger partial charge in [0.2, 0.25) is 0 Å². The largest absolute Gasteiger partial charge is 0.496 e. The molecule has 1 aliphatic carbocycles. The number of hydrogen-bond acceptors (Lipinski definition) is 5. The number of aryl methyl sites for hydroxylation is 1. The number of anilines is 1. The summed E-state index contributed by atoms with van der Waals surface area (Å²) in [5.41, 5.74) is 3.91. The Kier molecular flexibility index (Phi) is 5.46. The van der Waals surface area contributed by atoms with Crippen LogP contribution in [0.5, 0.6) is 0 Å². The Hall–Kier alpha value is -2.96. The SMILES string of the molecule is Cc1cccc(NC(=O)C(=O)N/N=C/C2=COC3CCCCC3C2=O)c1. The topological polar surface area (TPSA) is 96.9 Å². The fourth-order valence-corrected chi connectivity index (χ4v) is 3.21. The maximum atomic E-state index is 12.4. The van der Waals surface area contributed by atoms with E-state index in [9.17, 15) is 14.4 Å². The number of benzene rings is 1. The maximum Gasteiger partial charge on any atom is 0.329 e. The number of nitrogens with zero attached hydrogens (tertiary/aromatic N) is 1. The van der Waals surface area contributed by atoms with E-state index in [1.54, 1.807) is 18.2 Å². The summed E-state index contributed by atoms with van der Waals surface area (Å²) in [6.07, 6.45) is 6.33. The molecule has 0 aromatic heterocycles. The number of ether oxygens (including phenoxy) is 1. The molecule has 1 aliphatic heterocycles. The molecule has 2 amide bonds. The standard InChI is InChI=1S/C19H21N3O4/c1-12-5-4-6-14(9-12)21-18(24)19(25)22-20-10-13-11-26-16-8-3-2-7-15(16)17(13)23/h4-6,9-11,15-16H,2-3,7-8H2,1H3,(H,21,24)(H,22,25)/b20-10+. The minimum Gasteiger partial charge on any atom is -0.496 e. The molecule has 0 spiro atoms. The molecular formula is C19H21N3O4. The van der Waals surface area contributed by atoms with Gasteiger partial charge in [0.1, 0.15) is 6.10 Å². The van der Waals surface area contributed by atoms with Crippen molar-refractivity contribution in [1.29, 1.82) is 0 Å². The minimum atomic E-state index is -0.914. The van der Waals surface area contributed by atoms with E-state index in [-0.39, 0.29) is 17.8 Å². The Morgan fingerprint density at radius 2 is 2.04 bits per heavy atom. The van der Waals surface area contributed by atoms with E-state index in [0.29, 0.717) is 11.3 Å². The van der Waals surface area contributed by atoms with E-state index in [1.807, 2.05) is 13.0 Å². The lowest BCUT2D eigenvalue weighted by Crippen LogP contribution is -2.37. The van der Waals surface area contributed by atoms with E-state index in [2.05, 4.69) is 15.8 Å². The van der Waals surface area contributed by atoms with Crippen LogP contribution < -0.4 is 10.7 Å². The van der Waals surface area contributed by atoms with Gasteiger partial charge in [0.15, 0.2) is 5.78 Å². The number of nitrogens with one attached hydrogen (secondary N) is 2. The van der Waals surface area contributed by atoms with Crippen molar-refractivity contribution in [1.82, 2.24) is 5.43 Å². The molecule has 1 saturated carbocycles. The molecule has 7 heteroatoms. The first kappa shape index (κ1) is 17.8. The average Bonchev–Trinajstić information content (AvgIpc) is 2.63. The Balaban J connectivity index is 1.54. The molecule has 2 unspecified atom stereocenters. The number of hydrogen-bond donors (Lipinski definition) is 2. The number of Topliss-reactive ketones (excluding diaryl/α,β-unsaturated/α-hetero) is 1. The van der Waals surface area contributed by atoms with Crippen LogP contribution in [0.25, 0.3) is 0 Å². The van der Waals surface area contributed by atoms with Crippen molar-refractivity contribution in [2.75, 3.05) is 5.32 Å². The molecule has 3 rings (SSSR count). The normalized spacial score (nSPS) is 22.2. The van der Waals surface area contributed by atoms with Gasteiger partial charge >= 0.3 is 11.8 Å². The molecule has 1 aromatic rings. The summed E-state index contributed by atoms with van der Waals surface area (Å²) < 4.78 is 5.59. The van der Waals surface area contributed by atoms with E-state index < -0.39 is 11.8 Å². The Labute approximate surface area is 151 Å². The van der Waals surface area contributed by atoms with Crippen LogP contribution in [0.15, 0.2) is 41.2 Å². The van der Waals surface area contributed by atoms with Crippen LogP contribution in [0.4, 0.5) is 5.69 Å². The lowest BCUT2D eigenvalue weighted by Gasteiger charge is -2.33. The Morgan fingerprint density at radius 3 is 2.85 bits per heavy atom. The highest BCUT2D eigenvalue weighted by atomic mass is 16.5. The van der Waals surface area contributed by atoms with Gasteiger partial charge in [0.05, 0.1) is 24.0 Å². The summed E-state index contributed by atoms with van der Waals surface area (Å²) >= 11 is 0. The Morgan fingerprint density at radius 1 is 1.23 bits per heavy atom. The zero-order valence-corrected chi connectivity index (χ0v) is 14.5. The molecule has 2 aliphatic rings. The quantitative estimate of drug-likeness (QED) is 0.493. The summed E-state index contributed by atoms with van der Waals surface area (Å²) in [6.45, 7) is 1.88. The van der Waals surface area contributed by atoms with Crippen LogP contribution >= 0.6 is 0 Å². The average molecular weight is 355 g/mol. The lowest BCUT2D eigenvalue weighted by molar-refractivity contribution is -0.136. The molecule has 7 nitrogen and oxygen atoms in total. The van der Waals surface area contributed by atoms with Gasteiger partial charge < -0.3 is 10.1 Å². The van der Waals surface area contributed by atoms with Crippen LogP contribution in [0.2, 0.25) is 0 Å². The number of hydrazone groups is 1. The van der Waals surface area contributed by atoms with Gasteiger partial charge in [-0.15, -0.1) is 0 Å². The van der Waals surface area contributed by atoms with Gasteiger partial charge in [-0.25, -0.2) is 5.43 Å². The summed E-state index contributed by atoms with van der Waals surface area (Å²) in [5.74, 6) is -1.91.